The van der Waals surface area contributed by atoms with E-state index in [1.165, 1.54) is 7.11 Å². The highest BCUT2D eigenvalue weighted by Gasteiger charge is 2.04. The number of methoxy groups -OCH3 is 2. The summed E-state index contributed by atoms with van der Waals surface area (Å²) in [7, 11) is 3.01. The number of carbonyl (C=O) groups excluding carboxylic acids is 1. The normalized spacial score (nSPS) is 11.1. The number of hydrogen-bond donors (Lipinski definition) is 0. The first-order chi connectivity index (χ1) is 10.1. The van der Waals surface area contributed by atoms with Crippen LogP contribution in [0.5, 0.6) is 5.75 Å². The molecule has 3 nitrogen and oxygen atoms in total. The highest BCUT2D eigenvalue weighted by atomic mass is 79.9. The van der Waals surface area contributed by atoms with Crippen molar-refractivity contribution in [1.29, 1.82) is 0 Å². The number of ether oxygens (including phenoxy) is 2. The Hall–Kier alpha value is -2.07. The molecular formula is C17H15BrO3. The van der Waals surface area contributed by atoms with Crippen molar-refractivity contribution in [3.8, 4) is 5.75 Å². The zero-order valence-corrected chi connectivity index (χ0v) is 13.4. The maximum absolute atomic E-state index is 11.4. The van der Waals surface area contributed by atoms with Crippen molar-refractivity contribution in [2.24, 2.45) is 0 Å². The van der Waals surface area contributed by atoms with E-state index in [-0.39, 0.29) is 5.97 Å². The van der Waals surface area contributed by atoms with Crippen molar-refractivity contribution >= 4 is 32.5 Å². The first-order valence-corrected chi connectivity index (χ1v) is 7.13. The largest absolute Gasteiger partial charge is 0.497 e. The SMILES string of the molecule is COC(=O)c1ccc(/C=C(\Br)c2cccc(OC)c2)cc1. The average Bonchev–Trinajstić information content (AvgIpc) is 2.54. The second kappa shape index (κ2) is 7.09. The van der Waals surface area contributed by atoms with Crippen molar-refractivity contribution in [1.82, 2.24) is 0 Å². The van der Waals surface area contributed by atoms with Gasteiger partial charge in [0.05, 0.1) is 19.8 Å². The molecule has 0 N–H and O–H groups in total. The number of benzene rings is 2. The van der Waals surface area contributed by atoms with E-state index in [0.29, 0.717) is 5.56 Å². The smallest absolute Gasteiger partial charge is 0.337 e. The molecule has 2 rings (SSSR count). The summed E-state index contributed by atoms with van der Waals surface area (Å²) in [5.41, 5.74) is 2.54. The maximum Gasteiger partial charge on any atom is 0.337 e. The zero-order valence-electron chi connectivity index (χ0n) is 11.8. The summed E-state index contributed by atoms with van der Waals surface area (Å²) in [5.74, 6) is 0.469. The summed E-state index contributed by atoms with van der Waals surface area (Å²) in [6.07, 6.45) is 1.98. The molecule has 21 heavy (non-hydrogen) atoms. The Morgan fingerprint density at radius 3 is 2.38 bits per heavy atom. The summed E-state index contributed by atoms with van der Waals surface area (Å²) < 4.78 is 10.8. The van der Waals surface area contributed by atoms with Crippen LogP contribution in [0.3, 0.4) is 0 Å². The van der Waals surface area contributed by atoms with E-state index in [1.54, 1.807) is 19.2 Å². The highest BCUT2D eigenvalue weighted by molar-refractivity contribution is 9.15. The molecule has 0 saturated carbocycles. The number of hydrogen-bond acceptors (Lipinski definition) is 3. The van der Waals surface area contributed by atoms with E-state index >= 15 is 0 Å². The van der Waals surface area contributed by atoms with Gasteiger partial charge in [-0.05, 0) is 41.5 Å². The Bertz CT molecular complexity index is 660. The van der Waals surface area contributed by atoms with Crippen LogP contribution < -0.4 is 4.74 Å². The van der Waals surface area contributed by atoms with Crippen LogP contribution in [-0.4, -0.2) is 20.2 Å². The molecule has 0 fully saturated rings. The zero-order chi connectivity index (χ0) is 15.2. The lowest BCUT2D eigenvalue weighted by Crippen LogP contribution is -2.00. The molecule has 0 bridgehead atoms. The average molecular weight is 347 g/mol. The first-order valence-electron chi connectivity index (χ1n) is 6.34. The van der Waals surface area contributed by atoms with E-state index < -0.39 is 0 Å². The van der Waals surface area contributed by atoms with E-state index in [0.717, 1.165) is 21.4 Å². The molecule has 2 aromatic carbocycles. The molecule has 0 amide bonds. The Balaban J connectivity index is 2.23. The quantitative estimate of drug-likeness (QED) is 0.608. The van der Waals surface area contributed by atoms with E-state index in [2.05, 4.69) is 20.7 Å². The standard InChI is InChI=1S/C17H15BrO3/c1-20-15-5-3-4-14(11-15)16(18)10-12-6-8-13(9-7-12)17(19)21-2/h3-11H,1-2H3/b16-10-. The van der Waals surface area contributed by atoms with Crippen LogP contribution in [-0.2, 0) is 4.74 Å². The van der Waals surface area contributed by atoms with Gasteiger partial charge >= 0.3 is 5.97 Å². The monoisotopic (exact) mass is 346 g/mol. The van der Waals surface area contributed by atoms with Gasteiger partial charge in [-0.3, -0.25) is 0 Å². The van der Waals surface area contributed by atoms with Crippen LogP contribution in [0, 0.1) is 0 Å². The molecule has 0 radical (unpaired) electrons. The van der Waals surface area contributed by atoms with Crippen molar-refractivity contribution < 1.29 is 14.3 Å². The molecule has 0 aliphatic carbocycles. The first kappa shape index (κ1) is 15.3. The van der Waals surface area contributed by atoms with Crippen LogP contribution in [0.2, 0.25) is 0 Å². The van der Waals surface area contributed by atoms with E-state index in [1.807, 2.05) is 42.5 Å². The van der Waals surface area contributed by atoms with Crippen LogP contribution in [0.15, 0.2) is 48.5 Å². The van der Waals surface area contributed by atoms with E-state index in [9.17, 15) is 4.79 Å². The predicted molar refractivity (Wildman–Crippen MR) is 87.6 cm³/mol. The summed E-state index contributed by atoms with van der Waals surface area (Å²) in [4.78, 5) is 11.4. The van der Waals surface area contributed by atoms with Crippen LogP contribution in [0.1, 0.15) is 21.5 Å². The number of esters is 1. The van der Waals surface area contributed by atoms with Crippen LogP contribution in [0.25, 0.3) is 10.6 Å². The minimum atomic E-state index is -0.336. The maximum atomic E-state index is 11.4. The molecule has 4 heteroatoms. The van der Waals surface area contributed by atoms with Crippen LogP contribution in [0.4, 0.5) is 0 Å². The van der Waals surface area contributed by atoms with Gasteiger partial charge in [0.2, 0.25) is 0 Å². The molecule has 0 unspecified atom stereocenters. The lowest BCUT2D eigenvalue weighted by atomic mass is 10.1. The van der Waals surface area contributed by atoms with Gasteiger partial charge in [-0.2, -0.15) is 0 Å². The third-order valence-corrected chi connectivity index (χ3v) is 3.66. The Labute approximate surface area is 132 Å². The lowest BCUT2D eigenvalue weighted by Gasteiger charge is -2.04. The molecule has 0 aromatic heterocycles. The van der Waals surface area contributed by atoms with Gasteiger partial charge in [0, 0.05) is 4.48 Å². The Morgan fingerprint density at radius 1 is 1.05 bits per heavy atom. The fourth-order valence-electron chi connectivity index (χ4n) is 1.83. The lowest BCUT2D eigenvalue weighted by molar-refractivity contribution is 0.0601. The van der Waals surface area contributed by atoms with Gasteiger partial charge < -0.3 is 9.47 Å². The van der Waals surface area contributed by atoms with Gasteiger partial charge in [0.25, 0.3) is 0 Å². The molecule has 0 saturated heterocycles. The topological polar surface area (TPSA) is 35.5 Å². The summed E-state index contributed by atoms with van der Waals surface area (Å²) >= 11 is 3.56. The predicted octanol–water partition coefficient (Wildman–Crippen LogP) is 4.37. The van der Waals surface area contributed by atoms with Crippen molar-refractivity contribution in [3.63, 3.8) is 0 Å². The molecule has 0 atom stereocenters. The Morgan fingerprint density at radius 2 is 1.76 bits per heavy atom. The van der Waals surface area contributed by atoms with Crippen LogP contribution >= 0.6 is 15.9 Å². The third-order valence-electron chi connectivity index (χ3n) is 2.97. The molecule has 0 aliphatic rings. The Kier molecular flexibility index (Phi) is 5.17. The third kappa shape index (κ3) is 3.95. The van der Waals surface area contributed by atoms with Gasteiger partial charge in [0.15, 0.2) is 0 Å². The van der Waals surface area contributed by atoms with Gasteiger partial charge in [-0.1, -0.05) is 40.2 Å². The second-order valence-corrected chi connectivity index (χ2v) is 5.19. The van der Waals surface area contributed by atoms with Crippen molar-refractivity contribution in [2.75, 3.05) is 14.2 Å². The number of carbonyl (C=O) groups is 1. The number of halogens is 1. The van der Waals surface area contributed by atoms with Gasteiger partial charge in [-0.15, -0.1) is 0 Å². The highest BCUT2D eigenvalue weighted by Crippen LogP contribution is 2.27. The summed E-state index contributed by atoms with van der Waals surface area (Å²) in [6.45, 7) is 0. The van der Waals surface area contributed by atoms with Crippen molar-refractivity contribution in [3.05, 3.63) is 65.2 Å². The second-order valence-electron chi connectivity index (χ2n) is 4.34. The fourth-order valence-corrected chi connectivity index (χ4v) is 2.35. The van der Waals surface area contributed by atoms with E-state index in [4.69, 9.17) is 4.74 Å². The minimum Gasteiger partial charge on any atom is -0.497 e. The summed E-state index contributed by atoms with van der Waals surface area (Å²) in [6, 6.07) is 15.0. The molecule has 0 heterocycles. The molecule has 108 valence electrons. The molecule has 0 spiro atoms. The summed E-state index contributed by atoms with van der Waals surface area (Å²) in [5, 5.41) is 0. The minimum absolute atomic E-state index is 0.336. The number of rotatable bonds is 4. The van der Waals surface area contributed by atoms with Gasteiger partial charge in [-0.25, -0.2) is 4.79 Å². The molecular weight excluding hydrogens is 332 g/mol. The van der Waals surface area contributed by atoms with Crippen molar-refractivity contribution in [2.45, 2.75) is 0 Å². The fraction of sp³-hybridized carbons (Fsp3) is 0.118. The molecule has 2 aromatic rings. The molecule has 0 aliphatic heterocycles. The van der Waals surface area contributed by atoms with Gasteiger partial charge in [0.1, 0.15) is 5.75 Å².